The lowest BCUT2D eigenvalue weighted by Gasteiger charge is -2.24. The smallest absolute Gasteiger partial charge is 0.0650 e. The molecule has 0 aliphatic heterocycles. The number of rotatable bonds is 26. The van der Waals surface area contributed by atoms with Crippen molar-refractivity contribution in [3.63, 3.8) is 0 Å². The lowest BCUT2D eigenvalue weighted by molar-refractivity contribution is 0.500. The molecule has 0 amide bonds. The quantitative estimate of drug-likeness (QED) is 0.0727. The largest absolute Gasteiger partial charge is 0.387 e. The monoisotopic (exact) mass is 562 g/mol. The molecule has 0 saturated heterocycles. The maximum atomic E-state index is 5.56. The van der Waals surface area contributed by atoms with Gasteiger partial charge in [0.25, 0.3) is 0 Å². The maximum Gasteiger partial charge on any atom is 0.0650 e. The summed E-state index contributed by atoms with van der Waals surface area (Å²) in [5.74, 6) is 0. The molecule has 0 rings (SSSR count). The van der Waals surface area contributed by atoms with Crippen LogP contribution in [0.2, 0.25) is 0 Å². The van der Waals surface area contributed by atoms with E-state index in [0.29, 0.717) is 6.04 Å². The first-order chi connectivity index (χ1) is 19.3. The summed E-state index contributed by atoms with van der Waals surface area (Å²) in [7, 11) is 0. The van der Waals surface area contributed by atoms with Crippen LogP contribution in [0.1, 0.15) is 170 Å². The fourth-order valence-electron chi connectivity index (χ4n) is 4.28. The van der Waals surface area contributed by atoms with Gasteiger partial charge in [0.05, 0.1) is 6.04 Å². The van der Waals surface area contributed by atoms with Gasteiger partial charge in [-0.15, -0.1) is 6.58 Å². The zero-order valence-electron chi connectivity index (χ0n) is 28.5. The predicted octanol–water partition coefficient (Wildman–Crippen LogP) is 11.5. The molecular formula is C37H75N3. The number of hydrogen-bond acceptors (Lipinski definition) is 3. The molecule has 0 aliphatic rings. The standard InChI is InChI=1S/C22H45N3.C10H20.C5H10/c1-5-7-9-10-15-19-24-21(4)22(17-12-8-6-2)25-20(3)16-13-11-14-18-23;1-4-5-6-7-8-9-10(2)3;1-3-5-4-2/h22,24-25H,3-19,23H2,1-2H3;2,4-9H2,1,3H3;3,5H,4H2,1-2H3. The second-order valence-electron chi connectivity index (χ2n) is 11.4. The molecule has 0 aliphatic carbocycles. The Balaban J connectivity index is -0.000000745. The summed E-state index contributed by atoms with van der Waals surface area (Å²) < 4.78 is 0. The minimum absolute atomic E-state index is 0.309. The Morgan fingerprint density at radius 1 is 0.700 bits per heavy atom. The highest BCUT2D eigenvalue weighted by Crippen LogP contribution is 2.13. The van der Waals surface area contributed by atoms with E-state index in [2.05, 4.69) is 77.1 Å². The molecule has 0 spiro atoms. The van der Waals surface area contributed by atoms with E-state index in [0.717, 1.165) is 50.2 Å². The Labute approximate surface area is 254 Å². The van der Waals surface area contributed by atoms with Gasteiger partial charge in [0.15, 0.2) is 0 Å². The van der Waals surface area contributed by atoms with Crippen LogP contribution in [0.3, 0.4) is 0 Å². The number of unbranched alkanes of at least 4 members (excludes halogenated alkanes) is 12. The summed E-state index contributed by atoms with van der Waals surface area (Å²) >= 11 is 0. The first kappa shape index (κ1) is 43.0. The fourth-order valence-corrected chi connectivity index (χ4v) is 4.28. The van der Waals surface area contributed by atoms with Gasteiger partial charge in [-0.25, -0.2) is 0 Å². The van der Waals surface area contributed by atoms with E-state index >= 15 is 0 Å². The predicted molar refractivity (Wildman–Crippen MR) is 187 cm³/mol. The highest BCUT2D eigenvalue weighted by molar-refractivity contribution is 5.08. The lowest BCUT2D eigenvalue weighted by atomic mass is 10.0. The molecule has 0 radical (unpaired) electrons. The van der Waals surface area contributed by atoms with Crippen LogP contribution in [0.15, 0.2) is 48.9 Å². The average molecular weight is 562 g/mol. The van der Waals surface area contributed by atoms with Crippen molar-refractivity contribution in [2.45, 2.75) is 176 Å². The van der Waals surface area contributed by atoms with Crippen molar-refractivity contribution in [1.82, 2.24) is 10.6 Å². The minimum Gasteiger partial charge on any atom is -0.387 e. The van der Waals surface area contributed by atoms with Gasteiger partial charge in [0.1, 0.15) is 0 Å². The van der Waals surface area contributed by atoms with Gasteiger partial charge >= 0.3 is 0 Å². The van der Waals surface area contributed by atoms with Gasteiger partial charge in [0, 0.05) is 17.9 Å². The zero-order valence-corrected chi connectivity index (χ0v) is 28.5. The van der Waals surface area contributed by atoms with Crippen LogP contribution in [-0.2, 0) is 0 Å². The van der Waals surface area contributed by atoms with E-state index in [4.69, 9.17) is 5.73 Å². The summed E-state index contributed by atoms with van der Waals surface area (Å²) in [6.45, 7) is 27.3. The van der Waals surface area contributed by atoms with Crippen molar-refractivity contribution in [2.24, 2.45) is 5.73 Å². The molecule has 0 saturated carbocycles. The molecule has 0 aromatic heterocycles. The zero-order chi connectivity index (χ0) is 30.7. The van der Waals surface area contributed by atoms with Crippen molar-refractivity contribution in [2.75, 3.05) is 13.1 Å². The van der Waals surface area contributed by atoms with Crippen LogP contribution in [0.25, 0.3) is 0 Å². The van der Waals surface area contributed by atoms with Crippen LogP contribution in [-0.4, -0.2) is 19.1 Å². The molecule has 0 fully saturated rings. The molecule has 40 heavy (non-hydrogen) atoms. The van der Waals surface area contributed by atoms with E-state index in [-0.39, 0.29) is 0 Å². The van der Waals surface area contributed by atoms with Gasteiger partial charge in [-0.05, 0) is 71.8 Å². The number of hydrogen-bond donors (Lipinski definition) is 3. The van der Waals surface area contributed by atoms with E-state index in [1.54, 1.807) is 0 Å². The highest BCUT2D eigenvalue weighted by Gasteiger charge is 2.12. The third-order valence-electron chi connectivity index (χ3n) is 6.89. The summed E-state index contributed by atoms with van der Waals surface area (Å²) in [5, 5.41) is 7.18. The Morgan fingerprint density at radius 2 is 1.23 bits per heavy atom. The molecule has 1 atom stereocenters. The van der Waals surface area contributed by atoms with Crippen LogP contribution in [0, 0.1) is 0 Å². The average Bonchev–Trinajstić information content (AvgIpc) is 2.93. The third kappa shape index (κ3) is 38.7. The van der Waals surface area contributed by atoms with E-state index in [1.165, 1.54) is 108 Å². The molecular weight excluding hydrogens is 486 g/mol. The molecule has 238 valence electrons. The highest BCUT2D eigenvalue weighted by atomic mass is 15.0. The van der Waals surface area contributed by atoms with Gasteiger partial charge in [-0.1, -0.05) is 136 Å². The van der Waals surface area contributed by atoms with Crippen LogP contribution in [0.4, 0.5) is 0 Å². The van der Waals surface area contributed by atoms with Crippen LogP contribution >= 0.6 is 0 Å². The lowest BCUT2D eigenvalue weighted by Crippen LogP contribution is -2.36. The maximum absolute atomic E-state index is 5.56. The van der Waals surface area contributed by atoms with E-state index in [9.17, 15) is 0 Å². The van der Waals surface area contributed by atoms with E-state index < -0.39 is 0 Å². The van der Waals surface area contributed by atoms with Crippen molar-refractivity contribution < 1.29 is 0 Å². The summed E-state index contributed by atoms with van der Waals surface area (Å²) in [5.41, 5.74) is 9.17. The van der Waals surface area contributed by atoms with Gasteiger partial charge in [-0.2, -0.15) is 0 Å². The second kappa shape index (κ2) is 37.5. The van der Waals surface area contributed by atoms with Crippen molar-refractivity contribution >= 4 is 0 Å². The van der Waals surface area contributed by atoms with Crippen molar-refractivity contribution in [3.05, 3.63) is 48.9 Å². The minimum atomic E-state index is 0.309. The SMILES string of the molecule is C=C(C)CCCCCCC.C=C(CCCCCN)NC(CCCCC)C(=C)NCCCCCCC.CC=CCC. The first-order valence-electron chi connectivity index (χ1n) is 17.2. The third-order valence-corrected chi connectivity index (χ3v) is 6.89. The molecule has 0 heterocycles. The van der Waals surface area contributed by atoms with Crippen LogP contribution in [0.5, 0.6) is 0 Å². The van der Waals surface area contributed by atoms with Gasteiger partial charge in [0.2, 0.25) is 0 Å². The van der Waals surface area contributed by atoms with E-state index in [1.807, 2.05) is 6.92 Å². The summed E-state index contributed by atoms with van der Waals surface area (Å²) in [4.78, 5) is 0. The molecule has 0 bridgehead atoms. The Hall–Kier alpha value is -1.48. The van der Waals surface area contributed by atoms with Gasteiger partial charge in [-0.3, -0.25) is 0 Å². The Morgan fingerprint density at radius 3 is 1.73 bits per heavy atom. The van der Waals surface area contributed by atoms with Gasteiger partial charge < -0.3 is 16.4 Å². The molecule has 0 aromatic carbocycles. The molecule has 3 nitrogen and oxygen atoms in total. The van der Waals surface area contributed by atoms with Crippen LogP contribution < -0.4 is 16.4 Å². The normalized spacial score (nSPS) is 11.2. The fraction of sp³-hybridized carbons (Fsp3) is 0.784. The Kier molecular flexibility index (Phi) is 40.3. The Bertz CT molecular complexity index is 564. The molecule has 3 heteroatoms. The summed E-state index contributed by atoms with van der Waals surface area (Å²) in [6.07, 6.45) is 29.4. The second-order valence-corrected chi connectivity index (χ2v) is 11.4. The number of nitrogens with two attached hydrogens (primary N) is 1. The topological polar surface area (TPSA) is 50.1 Å². The molecule has 1 unspecified atom stereocenters. The molecule has 0 aromatic rings. The first-order valence-corrected chi connectivity index (χ1v) is 17.2. The molecule has 4 N–H and O–H groups in total. The van der Waals surface area contributed by atoms with Crippen molar-refractivity contribution in [1.29, 1.82) is 0 Å². The number of allylic oxidation sites excluding steroid dienone is 4. The summed E-state index contributed by atoms with van der Waals surface area (Å²) in [6, 6.07) is 0.309. The van der Waals surface area contributed by atoms with Crippen molar-refractivity contribution in [3.8, 4) is 0 Å². The number of nitrogens with one attached hydrogen (secondary N) is 2.